The van der Waals surface area contributed by atoms with Crippen LogP contribution >= 0.6 is 11.3 Å². The van der Waals surface area contributed by atoms with Crippen molar-refractivity contribution in [3.8, 4) is 6.07 Å². The lowest BCUT2D eigenvalue weighted by molar-refractivity contribution is -0.121. The predicted octanol–water partition coefficient (Wildman–Crippen LogP) is 4.65. The van der Waals surface area contributed by atoms with E-state index in [2.05, 4.69) is 0 Å². The number of nitrogens with zero attached hydrogens (tertiary/aromatic N) is 2. The molecule has 152 valence electrons. The van der Waals surface area contributed by atoms with E-state index < -0.39 is 24.3 Å². The maximum Gasteiger partial charge on any atom is 0.348 e. The van der Waals surface area contributed by atoms with Crippen molar-refractivity contribution in [2.24, 2.45) is 0 Å². The minimum atomic E-state index is -0.505. The molecule has 0 saturated carbocycles. The molecule has 0 N–H and O–H groups in total. The lowest BCUT2D eigenvalue weighted by Crippen LogP contribution is -2.35. The van der Waals surface area contributed by atoms with Gasteiger partial charge in [0.25, 0.3) is 5.91 Å². The predicted molar refractivity (Wildman–Crippen MR) is 109 cm³/mol. The molecule has 5 nitrogen and oxygen atoms in total. The van der Waals surface area contributed by atoms with Crippen molar-refractivity contribution in [2.75, 3.05) is 18.1 Å². The van der Waals surface area contributed by atoms with Gasteiger partial charge in [-0.25, -0.2) is 9.18 Å². The molecule has 29 heavy (non-hydrogen) atoms. The van der Waals surface area contributed by atoms with E-state index >= 15 is 0 Å². The van der Waals surface area contributed by atoms with Crippen molar-refractivity contribution in [1.29, 1.82) is 5.26 Å². The second-order valence-corrected chi connectivity index (χ2v) is 8.12. The second kappa shape index (κ2) is 10.2. The molecule has 7 heteroatoms. The molecular formula is C22H23FN2O3S. The number of amides is 1. The van der Waals surface area contributed by atoms with Crippen LogP contribution in [-0.4, -0.2) is 25.0 Å². The van der Waals surface area contributed by atoms with Crippen molar-refractivity contribution >= 4 is 28.9 Å². The highest BCUT2D eigenvalue weighted by atomic mass is 32.1. The minimum Gasteiger partial charge on any atom is -0.451 e. The van der Waals surface area contributed by atoms with E-state index in [1.165, 1.54) is 63.8 Å². The van der Waals surface area contributed by atoms with Gasteiger partial charge in [-0.2, -0.15) is 5.26 Å². The highest BCUT2D eigenvalue weighted by Crippen LogP contribution is 2.29. The van der Waals surface area contributed by atoms with Crippen LogP contribution in [-0.2, 0) is 22.4 Å². The van der Waals surface area contributed by atoms with E-state index in [-0.39, 0.29) is 13.0 Å². The third-order valence-electron chi connectivity index (χ3n) is 4.91. The Balaban J connectivity index is 1.64. The van der Waals surface area contributed by atoms with Gasteiger partial charge in [-0.1, -0.05) is 12.8 Å². The Labute approximate surface area is 173 Å². The molecule has 0 saturated heterocycles. The fourth-order valence-electron chi connectivity index (χ4n) is 3.40. The zero-order chi connectivity index (χ0) is 20.6. The number of nitriles is 1. The molecule has 0 aliphatic heterocycles. The van der Waals surface area contributed by atoms with Crippen LogP contribution in [0.4, 0.5) is 10.1 Å². The first-order valence-electron chi connectivity index (χ1n) is 9.80. The molecule has 1 amide bonds. The van der Waals surface area contributed by atoms with Crippen molar-refractivity contribution < 1.29 is 18.7 Å². The number of fused-ring (bicyclic) bond motifs is 1. The third-order valence-corrected chi connectivity index (χ3v) is 6.13. The van der Waals surface area contributed by atoms with Crippen molar-refractivity contribution in [1.82, 2.24) is 0 Å². The number of carbonyl (C=O) groups is 2. The molecule has 1 aromatic heterocycles. The van der Waals surface area contributed by atoms with Crippen LogP contribution in [0.3, 0.4) is 0 Å². The number of halogens is 1. The van der Waals surface area contributed by atoms with Crippen LogP contribution in [0.5, 0.6) is 0 Å². The average molecular weight is 415 g/mol. The molecule has 0 spiro atoms. The number of anilines is 1. The Morgan fingerprint density at radius 2 is 1.86 bits per heavy atom. The van der Waals surface area contributed by atoms with Crippen LogP contribution in [0.1, 0.15) is 52.2 Å². The first-order chi connectivity index (χ1) is 14.1. The molecule has 1 aliphatic carbocycles. The standard InChI is InChI=1S/C22H23FN2O3S/c23-17-8-10-18(11-9-17)25(13-5-12-24)21(26)15-28-22(27)20-14-16-6-3-1-2-4-7-19(16)29-20/h8-11,14H,1-7,13,15H2. The van der Waals surface area contributed by atoms with Crippen LogP contribution < -0.4 is 4.90 Å². The third kappa shape index (κ3) is 5.64. The molecule has 0 fully saturated rings. The monoisotopic (exact) mass is 414 g/mol. The van der Waals surface area contributed by atoms with Crippen molar-refractivity contribution in [3.63, 3.8) is 0 Å². The number of hydrogen-bond acceptors (Lipinski definition) is 5. The van der Waals surface area contributed by atoms with E-state index in [1.807, 2.05) is 12.1 Å². The SMILES string of the molecule is N#CCCN(C(=O)COC(=O)c1cc2c(s1)CCCCCC2)c1ccc(F)cc1. The molecule has 1 aromatic carbocycles. The fourth-order valence-corrected chi connectivity index (χ4v) is 4.55. The summed E-state index contributed by atoms with van der Waals surface area (Å²) in [5.41, 5.74) is 1.68. The molecule has 1 aliphatic rings. The van der Waals surface area contributed by atoms with E-state index in [0.29, 0.717) is 10.6 Å². The van der Waals surface area contributed by atoms with Crippen LogP contribution in [0, 0.1) is 17.1 Å². The lowest BCUT2D eigenvalue weighted by Gasteiger charge is -2.21. The Morgan fingerprint density at radius 1 is 1.14 bits per heavy atom. The number of benzene rings is 1. The zero-order valence-electron chi connectivity index (χ0n) is 16.2. The van der Waals surface area contributed by atoms with Gasteiger partial charge in [0, 0.05) is 17.1 Å². The second-order valence-electron chi connectivity index (χ2n) is 6.98. The summed E-state index contributed by atoms with van der Waals surface area (Å²) >= 11 is 1.45. The number of hydrogen-bond donors (Lipinski definition) is 0. The number of carbonyl (C=O) groups excluding carboxylic acids is 2. The fraction of sp³-hybridized carbons (Fsp3) is 0.409. The van der Waals surface area contributed by atoms with E-state index in [1.54, 1.807) is 0 Å². The molecule has 1 heterocycles. The summed E-state index contributed by atoms with van der Waals surface area (Å²) in [5, 5.41) is 8.84. The number of esters is 1. The molecular weight excluding hydrogens is 391 g/mol. The zero-order valence-corrected chi connectivity index (χ0v) is 17.0. The highest BCUT2D eigenvalue weighted by Gasteiger charge is 2.21. The quantitative estimate of drug-likeness (QED) is 0.645. The smallest absolute Gasteiger partial charge is 0.348 e. The van der Waals surface area contributed by atoms with Crippen molar-refractivity contribution in [2.45, 2.75) is 44.9 Å². The van der Waals surface area contributed by atoms with E-state index in [0.717, 1.165) is 25.7 Å². The molecule has 0 radical (unpaired) electrons. The Bertz CT molecular complexity index is 876. The minimum absolute atomic E-state index is 0.120. The van der Waals surface area contributed by atoms with Gasteiger partial charge in [0.15, 0.2) is 6.61 Å². The van der Waals surface area contributed by atoms with Crippen LogP contribution in [0.25, 0.3) is 0 Å². The van der Waals surface area contributed by atoms with E-state index in [9.17, 15) is 14.0 Å². The number of rotatable bonds is 6. The van der Waals surface area contributed by atoms with Gasteiger partial charge in [-0.3, -0.25) is 4.79 Å². The molecule has 2 aromatic rings. The van der Waals surface area contributed by atoms with Gasteiger partial charge in [0.2, 0.25) is 0 Å². The van der Waals surface area contributed by atoms with E-state index in [4.69, 9.17) is 10.00 Å². The van der Waals surface area contributed by atoms with Crippen molar-refractivity contribution in [3.05, 3.63) is 51.5 Å². The van der Waals surface area contributed by atoms with Crippen LogP contribution in [0.15, 0.2) is 30.3 Å². The van der Waals surface area contributed by atoms with Gasteiger partial charge in [0.05, 0.1) is 12.5 Å². The largest absolute Gasteiger partial charge is 0.451 e. The molecule has 0 bridgehead atoms. The summed E-state index contributed by atoms with van der Waals surface area (Å²) in [7, 11) is 0. The maximum atomic E-state index is 13.2. The first-order valence-corrected chi connectivity index (χ1v) is 10.6. The van der Waals surface area contributed by atoms with Gasteiger partial charge in [-0.05, 0) is 61.6 Å². The average Bonchev–Trinajstić information content (AvgIpc) is 3.09. The summed E-state index contributed by atoms with van der Waals surface area (Å²) in [4.78, 5) is 28.2. The first kappa shape index (κ1) is 21.0. The van der Waals surface area contributed by atoms with Crippen LogP contribution in [0.2, 0.25) is 0 Å². The Morgan fingerprint density at radius 3 is 2.59 bits per heavy atom. The molecule has 0 unspecified atom stereocenters. The summed E-state index contributed by atoms with van der Waals surface area (Å²) < 4.78 is 18.4. The molecule has 3 rings (SSSR count). The summed E-state index contributed by atoms with van der Waals surface area (Å²) in [6, 6.07) is 9.30. The molecule has 0 atom stereocenters. The van der Waals surface area contributed by atoms with Gasteiger partial charge >= 0.3 is 5.97 Å². The van der Waals surface area contributed by atoms with Gasteiger partial charge in [0.1, 0.15) is 10.7 Å². The maximum absolute atomic E-state index is 13.2. The van der Waals surface area contributed by atoms with Gasteiger partial charge < -0.3 is 9.64 Å². The highest BCUT2D eigenvalue weighted by molar-refractivity contribution is 7.14. The number of ether oxygens (including phenoxy) is 1. The van der Waals surface area contributed by atoms with Gasteiger partial charge in [-0.15, -0.1) is 11.3 Å². The summed E-state index contributed by atoms with van der Waals surface area (Å²) in [6.07, 6.45) is 6.77. The summed E-state index contributed by atoms with van der Waals surface area (Å²) in [5.74, 6) is -1.37. The topological polar surface area (TPSA) is 70.4 Å². The Hall–Kier alpha value is -2.72. The normalized spacial score (nSPS) is 13.5. The number of aryl methyl sites for hydroxylation is 2. The lowest BCUT2D eigenvalue weighted by atomic mass is 10.00. The number of thiophene rings is 1. The summed E-state index contributed by atoms with van der Waals surface area (Å²) in [6.45, 7) is -0.282. The Kier molecular flexibility index (Phi) is 7.36.